The van der Waals surface area contributed by atoms with Crippen LogP contribution in [0, 0.1) is 0 Å². The minimum Gasteiger partial charge on any atom is -0.497 e. The molecule has 0 aliphatic heterocycles. The first-order chi connectivity index (χ1) is 13.7. The number of carbonyl (C=O) groups excluding carboxylic acids is 1. The first-order valence-electron chi connectivity index (χ1n) is 8.63. The summed E-state index contributed by atoms with van der Waals surface area (Å²) >= 11 is 1.57. The van der Waals surface area contributed by atoms with Crippen molar-refractivity contribution in [2.24, 2.45) is 0 Å². The monoisotopic (exact) mass is 394 g/mol. The van der Waals surface area contributed by atoms with Crippen LogP contribution in [0.2, 0.25) is 0 Å². The van der Waals surface area contributed by atoms with Gasteiger partial charge in [0.05, 0.1) is 36.5 Å². The van der Waals surface area contributed by atoms with Gasteiger partial charge >= 0.3 is 0 Å². The lowest BCUT2D eigenvalue weighted by Gasteiger charge is -2.10. The van der Waals surface area contributed by atoms with Crippen LogP contribution in [-0.2, 0) is 6.54 Å². The summed E-state index contributed by atoms with van der Waals surface area (Å²) in [6, 6.07) is 16.7. The summed E-state index contributed by atoms with van der Waals surface area (Å²) in [5, 5.41) is 3.66. The molecule has 1 N–H and O–H groups in total. The van der Waals surface area contributed by atoms with E-state index in [9.17, 15) is 4.79 Å². The van der Waals surface area contributed by atoms with Gasteiger partial charge in [-0.1, -0.05) is 12.1 Å². The number of aromatic nitrogens is 1. The lowest BCUT2D eigenvalue weighted by Crippen LogP contribution is -2.23. The van der Waals surface area contributed by atoms with Gasteiger partial charge in [0, 0.05) is 0 Å². The molecule has 2 aromatic heterocycles. The van der Waals surface area contributed by atoms with Gasteiger partial charge in [0.15, 0.2) is 10.8 Å². The molecule has 1 amide bonds. The van der Waals surface area contributed by atoms with Crippen molar-refractivity contribution < 1.29 is 18.7 Å². The lowest BCUT2D eigenvalue weighted by atomic mass is 10.1. The van der Waals surface area contributed by atoms with Gasteiger partial charge in [-0.05, 0) is 42.5 Å². The number of ether oxygens (including phenoxy) is 2. The Bertz CT molecular complexity index is 1100. The molecule has 0 atom stereocenters. The molecule has 4 rings (SSSR count). The summed E-state index contributed by atoms with van der Waals surface area (Å²) in [6.45, 7) is 0.254. The van der Waals surface area contributed by atoms with E-state index in [0.29, 0.717) is 28.6 Å². The Morgan fingerprint density at radius 2 is 1.96 bits per heavy atom. The SMILES string of the molecule is COc1ccc(OC)c(C(=O)NCc2ccc(-c3nc4ccccc4s3)o2)c1. The highest BCUT2D eigenvalue weighted by molar-refractivity contribution is 7.21. The molecular weight excluding hydrogens is 376 g/mol. The topological polar surface area (TPSA) is 73.6 Å². The number of rotatable bonds is 6. The molecule has 0 radical (unpaired) electrons. The number of nitrogens with one attached hydrogen (secondary N) is 1. The molecule has 2 aromatic carbocycles. The third-order valence-electron chi connectivity index (χ3n) is 4.24. The van der Waals surface area contributed by atoms with Crippen LogP contribution in [0.1, 0.15) is 16.1 Å². The molecule has 0 unspecified atom stereocenters. The largest absolute Gasteiger partial charge is 0.497 e. The third-order valence-corrected chi connectivity index (χ3v) is 5.29. The van der Waals surface area contributed by atoms with Crippen LogP contribution in [0.4, 0.5) is 0 Å². The zero-order chi connectivity index (χ0) is 19.5. The summed E-state index contributed by atoms with van der Waals surface area (Å²) in [6.07, 6.45) is 0. The van der Waals surface area contributed by atoms with E-state index in [1.54, 1.807) is 36.6 Å². The average Bonchev–Trinajstić information content (AvgIpc) is 3.38. The third kappa shape index (κ3) is 3.57. The van der Waals surface area contributed by atoms with Crippen LogP contribution in [0.25, 0.3) is 21.0 Å². The molecule has 0 bridgehead atoms. The second-order valence-electron chi connectivity index (χ2n) is 6.00. The van der Waals surface area contributed by atoms with E-state index < -0.39 is 0 Å². The fourth-order valence-electron chi connectivity index (χ4n) is 2.82. The maximum absolute atomic E-state index is 12.6. The van der Waals surface area contributed by atoms with Gasteiger partial charge < -0.3 is 19.2 Å². The predicted octanol–water partition coefficient (Wildman–Crippen LogP) is 4.50. The predicted molar refractivity (Wildman–Crippen MR) is 108 cm³/mol. The van der Waals surface area contributed by atoms with Gasteiger partial charge in [-0.15, -0.1) is 11.3 Å². The minimum atomic E-state index is -0.270. The second-order valence-corrected chi connectivity index (χ2v) is 7.03. The van der Waals surface area contributed by atoms with Crippen LogP contribution >= 0.6 is 11.3 Å². The molecule has 142 valence electrons. The summed E-state index contributed by atoms with van der Waals surface area (Å²) in [5.74, 6) is 2.12. The minimum absolute atomic E-state index is 0.254. The molecule has 7 heteroatoms. The molecule has 0 fully saturated rings. The van der Waals surface area contributed by atoms with Crippen LogP contribution < -0.4 is 14.8 Å². The number of para-hydroxylation sites is 1. The van der Waals surface area contributed by atoms with Gasteiger partial charge in [-0.3, -0.25) is 4.79 Å². The smallest absolute Gasteiger partial charge is 0.255 e. The molecule has 0 saturated carbocycles. The van der Waals surface area contributed by atoms with E-state index in [-0.39, 0.29) is 12.5 Å². The molecular formula is C21H18N2O4S. The van der Waals surface area contributed by atoms with Crippen molar-refractivity contribution in [3.8, 4) is 22.3 Å². The van der Waals surface area contributed by atoms with E-state index in [4.69, 9.17) is 13.9 Å². The quantitative estimate of drug-likeness (QED) is 0.521. The molecule has 6 nitrogen and oxygen atoms in total. The summed E-state index contributed by atoms with van der Waals surface area (Å²) < 4.78 is 17.4. The van der Waals surface area contributed by atoms with Gasteiger partial charge in [-0.25, -0.2) is 4.98 Å². The van der Waals surface area contributed by atoms with Crippen molar-refractivity contribution in [2.75, 3.05) is 14.2 Å². The number of furan rings is 1. The highest BCUT2D eigenvalue weighted by Gasteiger charge is 2.15. The van der Waals surface area contributed by atoms with Crippen molar-refractivity contribution in [2.45, 2.75) is 6.54 Å². The van der Waals surface area contributed by atoms with Crippen LogP contribution in [0.5, 0.6) is 11.5 Å². The van der Waals surface area contributed by atoms with E-state index in [1.165, 1.54) is 7.11 Å². The Hall–Kier alpha value is -3.32. The van der Waals surface area contributed by atoms with Crippen molar-refractivity contribution in [3.05, 3.63) is 65.9 Å². The number of fused-ring (bicyclic) bond motifs is 1. The first-order valence-corrected chi connectivity index (χ1v) is 9.44. The maximum atomic E-state index is 12.6. The number of hydrogen-bond acceptors (Lipinski definition) is 6. The van der Waals surface area contributed by atoms with Crippen molar-refractivity contribution in [3.63, 3.8) is 0 Å². The number of nitrogens with zero attached hydrogens (tertiary/aromatic N) is 1. The number of carbonyl (C=O) groups is 1. The Morgan fingerprint density at radius 1 is 1.11 bits per heavy atom. The second kappa shape index (κ2) is 7.74. The number of methoxy groups -OCH3 is 2. The Kier molecular flexibility index (Phi) is 4.99. The molecule has 0 spiro atoms. The molecule has 28 heavy (non-hydrogen) atoms. The molecule has 4 aromatic rings. The highest BCUT2D eigenvalue weighted by atomic mass is 32.1. The van der Waals surface area contributed by atoms with Crippen LogP contribution in [0.3, 0.4) is 0 Å². The van der Waals surface area contributed by atoms with Gasteiger partial charge in [0.1, 0.15) is 17.3 Å². The fraction of sp³-hybridized carbons (Fsp3) is 0.143. The molecule has 0 saturated heterocycles. The van der Waals surface area contributed by atoms with E-state index in [2.05, 4.69) is 10.3 Å². The van der Waals surface area contributed by atoms with E-state index in [0.717, 1.165) is 15.2 Å². The zero-order valence-corrected chi connectivity index (χ0v) is 16.2. The lowest BCUT2D eigenvalue weighted by molar-refractivity contribution is 0.0944. The zero-order valence-electron chi connectivity index (χ0n) is 15.4. The standard InChI is InChI=1S/C21H18N2O4S/c1-25-13-7-9-17(26-2)15(11-13)20(24)22-12-14-8-10-18(27-14)21-23-16-5-3-4-6-19(16)28-21/h3-11H,12H2,1-2H3,(H,22,24). The normalized spacial score (nSPS) is 10.8. The Labute approximate surface area is 165 Å². The van der Waals surface area contributed by atoms with Gasteiger partial charge in [0.2, 0.25) is 0 Å². The molecule has 2 heterocycles. The average molecular weight is 394 g/mol. The van der Waals surface area contributed by atoms with E-state index in [1.807, 2.05) is 36.4 Å². The number of hydrogen-bond donors (Lipinski definition) is 1. The Balaban J connectivity index is 1.48. The molecule has 0 aliphatic rings. The van der Waals surface area contributed by atoms with Crippen molar-refractivity contribution in [1.29, 1.82) is 0 Å². The highest BCUT2D eigenvalue weighted by Crippen LogP contribution is 2.31. The van der Waals surface area contributed by atoms with Gasteiger partial charge in [0.25, 0.3) is 5.91 Å². The summed E-state index contributed by atoms with van der Waals surface area (Å²) in [4.78, 5) is 17.1. The summed E-state index contributed by atoms with van der Waals surface area (Å²) in [5.41, 5.74) is 1.35. The van der Waals surface area contributed by atoms with Gasteiger partial charge in [-0.2, -0.15) is 0 Å². The first kappa shape index (κ1) is 18.1. The maximum Gasteiger partial charge on any atom is 0.255 e. The number of thiazole rings is 1. The summed E-state index contributed by atoms with van der Waals surface area (Å²) in [7, 11) is 3.07. The van der Waals surface area contributed by atoms with Crippen LogP contribution in [0.15, 0.2) is 59.0 Å². The van der Waals surface area contributed by atoms with Crippen molar-refractivity contribution >= 4 is 27.5 Å². The Morgan fingerprint density at radius 3 is 2.75 bits per heavy atom. The number of benzene rings is 2. The molecule has 0 aliphatic carbocycles. The fourth-order valence-corrected chi connectivity index (χ4v) is 3.75. The van der Waals surface area contributed by atoms with Crippen molar-refractivity contribution in [1.82, 2.24) is 10.3 Å². The van der Waals surface area contributed by atoms with Crippen LogP contribution in [-0.4, -0.2) is 25.1 Å². The number of amides is 1. The van der Waals surface area contributed by atoms with E-state index >= 15 is 0 Å².